The zero-order chi connectivity index (χ0) is 22.4. The zero-order valence-electron chi connectivity index (χ0n) is 19.4. The van der Waals surface area contributed by atoms with Gasteiger partial charge in [0.1, 0.15) is 0 Å². The number of rotatable bonds is 17. The van der Waals surface area contributed by atoms with Crippen molar-refractivity contribution in [2.75, 3.05) is 0 Å². The Balaban J connectivity index is 3.02. The first-order valence-electron chi connectivity index (χ1n) is 12.1. The van der Waals surface area contributed by atoms with Crippen molar-refractivity contribution in [2.45, 2.75) is 117 Å². The second-order valence-corrected chi connectivity index (χ2v) is 8.41. The molecule has 1 rings (SSSR count). The predicted molar refractivity (Wildman–Crippen MR) is 124 cm³/mol. The van der Waals surface area contributed by atoms with Gasteiger partial charge in [0.05, 0.1) is 11.1 Å². The van der Waals surface area contributed by atoms with E-state index in [4.69, 9.17) is 0 Å². The molecule has 0 amide bonds. The molecule has 4 heteroatoms. The third kappa shape index (κ3) is 8.49. The number of carboxylic acid groups (broad SMARTS) is 2. The van der Waals surface area contributed by atoms with E-state index in [1.807, 2.05) is 6.92 Å². The van der Waals surface area contributed by atoms with Crippen LogP contribution in [0.4, 0.5) is 0 Å². The van der Waals surface area contributed by atoms with Crippen LogP contribution in [0, 0.1) is 0 Å². The van der Waals surface area contributed by atoms with Gasteiger partial charge in [-0.15, -0.1) is 0 Å². The summed E-state index contributed by atoms with van der Waals surface area (Å²) in [5.41, 5.74) is 2.85. The molecule has 0 aromatic heterocycles. The topological polar surface area (TPSA) is 74.6 Å². The lowest BCUT2D eigenvalue weighted by atomic mass is 9.85. The molecule has 0 unspecified atom stereocenters. The molecule has 30 heavy (non-hydrogen) atoms. The highest BCUT2D eigenvalue weighted by Crippen LogP contribution is 2.28. The van der Waals surface area contributed by atoms with Crippen LogP contribution in [0.1, 0.15) is 135 Å². The minimum atomic E-state index is -1.14. The van der Waals surface area contributed by atoms with E-state index >= 15 is 0 Å². The number of carbonyl (C=O) groups is 2. The van der Waals surface area contributed by atoms with E-state index in [9.17, 15) is 19.8 Å². The molecule has 0 radical (unpaired) electrons. The minimum absolute atomic E-state index is 0.0214. The standard InChI is InChI=1S/C26H42O4/c1-4-7-9-11-12-13-14-16-18-22-21(17-15-10-8-5-2)20(6-3)19-23(25(27)28)24(22)26(29)30/h19H,4-18H2,1-3H3,(H,27,28)(H,29,30). The second kappa shape index (κ2) is 15.0. The molecule has 0 aliphatic carbocycles. The Morgan fingerprint density at radius 3 is 1.60 bits per heavy atom. The fourth-order valence-corrected chi connectivity index (χ4v) is 4.32. The monoisotopic (exact) mass is 418 g/mol. The molecule has 0 aliphatic rings. The molecule has 4 nitrogen and oxygen atoms in total. The van der Waals surface area contributed by atoms with Crippen molar-refractivity contribution >= 4 is 11.9 Å². The van der Waals surface area contributed by atoms with Gasteiger partial charge in [-0.25, -0.2) is 9.59 Å². The smallest absolute Gasteiger partial charge is 0.336 e. The summed E-state index contributed by atoms with van der Waals surface area (Å²) in [4.78, 5) is 23.8. The lowest BCUT2D eigenvalue weighted by Crippen LogP contribution is -2.16. The van der Waals surface area contributed by atoms with E-state index in [-0.39, 0.29) is 11.1 Å². The van der Waals surface area contributed by atoms with Gasteiger partial charge in [-0.3, -0.25) is 0 Å². The van der Waals surface area contributed by atoms with E-state index < -0.39 is 11.9 Å². The molecular weight excluding hydrogens is 376 g/mol. The maximum absolute atomic E-state index is 12.0. The highest BCUT2D eigenvalue weighted by atomic mass is 16.4. The molecule has 0 aliphatic heterocycles. The molecular formula is C26H42O4. The van der Waals surface area contributed by atoms with Crippen molar-refractivity contribution in [1.82, 2.24) is 0 Å². The Morgan fingerprint density at radius 2 is 1.13 bits per heavy atom. The van der Waals surface area contributed by atoms with Crippen LogP contribution in [0.2, 0.25) is 0 Å². The summed E-state index contributed by atoms with van der Waals surface area (Å²) in [5, 5.41) is 19.5. The maximum atomic E-state index is 12.0. The number of hydrogen-bond acceptors (Lipinski definition) is 2. The van der Waals surface area contributed by atoms with Crippen LogP contribution in [-0.2, 0) is 19.3 Å². The molecule has 0 spiro atoms. The van der Waals surface area contributed by atoms with E-state index in [0.29, 0.717) is 6.42 Å². The molecule has 1 aromatic rings. The van der Waals surface area contributed by atoms with Crippen molar-refractivity contribution in [3.63, 3.8) is 0 Å². The van der Waals surface area contributed by atoms with E-state index in [0.717, 1.165) is 68.1 Å². The van der Waals surface area contributed by atoms with E-state index in [2.05, 4.69) is 13.8 Å². The molecule has 0 heterocycles. The fourth-order valence-electron chi connectivity index (χ4n) is 4.32. The van der Waals surface area contributed by atoms with Crippen LogP contribution in [0.3, 0.4) is 0 Å². The van der Waals surface area contributed by atoms with Gasteiger partial charge in [0.15, 0.2) is 0 Å². The van der Waals surface area contributed by atoms with Crippen molar-refractivity contribution in [3.8, 4) is 0 Å². The summed E-state index contributed by atoms with van der Waals surface area (Å²) >= 11 is 0. The first-order valence-corrected chi connectivity index (χ1v) is 12.1. The maximum Gasteiger partial charge on any atom is 0.336 e. The molecule has 170 valence electrons. The van der Waals surface area contributed by atoms with Crippen molar-refractivity contribution in [1.29, 1.82) is 0 Å². The van der Waals surface area contributed by atoms with E-state index in [1.165, 1.54) is 38.5 Å². The summed E-state index contributed by atoms with van der Waals surface area (Å²) in [6.07, 6.45) is 16.2. The summed E-state index contributed by atoms with van der Waals surface area (Å²) in [7, 11) is 0. The van der Waals surface area contributed by atoms with Gasteiger partial charge >= 0.3 is 11.9 Å². The first-order chi connectivity index (χ1) is 14.5. The molecule has 0 bridgehead atoms. The van der Waals surface area contributed by atoms with Gasteiger partial charge in [-0.2, -0.15) is 0 Å². The Kier molecular flexibility index (Phi) is 13.1. The lowest BCUT2D eigenvalue weighted by Gasteiger charge is -2.19. The third-order valence-corrected chi connectivity index (χ3v) is 6.03. The highest BCUT2D eigenvalue weighted by molar-refractivity contribution is 6.03. The largest absolute Gasteiger partial charge is 0.478 e. The van der Waals surface area contributed by atoms with Gasteiger partial charge < -0.3 is 10.2 Å². The quantitative estimate of drug-likeness (QED) is 0.258. The van der Waals surface area contributed by atoms with Crippen LogP contribution in [0.5, 0.6) is 0 Å². The third-order valence-electron chi connectivity index (χ3n) is 6.03. The van der Waals surface area contributed by atoms with Gasteiger partial charge in [0, 0.05) is 0 Å². The van der Waals surface area contributed by atoms with Crippen molar-refractivity contribution in [3.05, 3.63) is 33.9 Å². The Morgan fingerprint density at radius 1 is 0.667 bits per heavy atom. The summed E-state index contributed by atoms with van der Waals surface area (Å²) < 4.78 is 0. The Labute approximate surface area is 183 Å². The van der Waals surface area contributed by atoms with Crippen molar-refractivity contribution < 1.29 is 19.8 Å². The fraction of sp³-hybridized carbons (Fsp3) is 0.692. The van der Waals surface area contributed by atoms with Gasteiger partial charge in [0.2, 0.25) is 0 Å². The van der Waals surface area contributed by atoms with Gasteiger partial charge in [0.25, 0.3) is 0 Å². The number of unbranched alkanes of at least 4 members (excludes halogenated alkanes) is 10. The van der Waals surface area contributed by atoms with Crippen LogP contribution >= 0.6 is 0 Å². The summed E-state index contributed by atoms with van der Waals surface area (Å²) in [6.45, 7) is 6.42. The second-order valence-electron chi connectivity index (χ2n) is 8.41. The first kappa shape index (κ1) is 26.2. The van der Waals surface area contributed by atoms with Crippen LogP contribution < -0.4 is 0 Å². The van der Waals surface area contributed by atoms with Crippen LogP contribution in [0.25, 0.3) is 0 Å². The minimum Gasteiger partial charge on any atom is -0.478 e. The predicted octanol–water partition coefficient (Wildman–Crippen LogP) is 7.45. The molecule has 1 aromatic carbocycles. The molecule has 0 saturated carbocycles. The average molecular weight is 419 g/mol. The number of hydrogen-bond donors (Lipinski definition) is 2. The van der Waals surface area contributed by atoms with Gasteiger partial charge in [-0.1, -0.05) is 85.0 Å². The molecule has 2 N–H and O–H groups in total. The summed E-state index contributed by atoms with van der Waals surface area (Å²) in [6, 6.07) is 1.61. The highest BCUT2D eigenvalue weighted by Gasteiger charge is 2.24. The summed E-state index contributed by atoms with van der Waals surface area (Å²) in [5.74, 6) is -2.25. The van der Waals surface area contributed by atoms with E-state index in [1.54, 1.807) is 6.07 Å². The molecule has 0 atom stereocenters. The Hall–Kier alpha value is -1.84. The SMILES string of the molecule is CCCCCCCCCCc1c(CCCCCC)c(CC)cc(C(=O)O)c1C(=O)O. The van der Waals surface area contributed by atoms with Gasteiger partial charge in [-0.05, 0) is 54.9 Å². The number of aromatic carboxylic acids is 2. The van der Waals surface area contributed by atoms with Crippen LogP contribution in [0.15, 0.2) is 6.07 Å². The Bertz CT molecular complexity index is 663. The molecule has 0 fully saturated rings. The zero-order valence-corrected chi connectivity index (χ0v) is 19.4. The molecule has 0 saturated heterocycles. The number of benzene rings is 1. The number of aryl methyl sites for hydroxylation is 1. The average Bonchev–Trinajstić information content (AvgIpc) is 2.72. The van der Waals surface area contributed by atoms with Crippen molar-refractivity contribution in [2.24, 2.45) is 0 Å². The lowest BCUT2D eigenvalue weighted by molar-refractivity contribution is 0.0650. The normalized spacial score (nSPS) is 11.0. The number of carboxylic acids is 2. The van der Waals surface area contributed by atoms with Crippen LogP contribution in [-0.4, -0.2) is 22.2 Å².